The van der Waals surface area contributed by atoms with E-state index in [0.29, 0.717) is 0 Å². The highest BCUT2D eigenvalue weighted by Crippen LogP contribution is 1.93. The first kappa shape index (κ1) is 14.2. The molecule has 16 heavy (non-hydrogen) atoms. The highest BCUT2D eigenvalue weighted by atomic mass is 16.7. The van der Waals surface area contributed by atoms with Crippen LogP contribution in [0, 0.1) is 0 Å². The number of amides is 1. The van der Waals surface area contributed by atoms with Gasteiger partial charge in [-0.15, -0.1) is 0 Å². The molecule has 90 valence electrons. The number of carbonyl (C=O) groups excluding carboxylic acids is 2. The predicted molar refractivity (Wildman–Crippen MR) is 58.8 cm³/mol. The minimum Gasteiger partial charge on any atom is -0.441 e. The largest absolute Gasteiger partial charge is 0.441 e. The number of hydrogen-bond acceptors (Lipinski definition) is 5. The zero-order valence-corrected chi connectivity index (χ0v) is 9.49. The Morgan fingerprint density at radius 3 is 2.50 bits per heavy atom. The van der Waals surface area contributed by atoms with E-state index in [1.807, 2.05) is 13.8 Å². The van der Waals surface area contributed by atoms with Crippen LogP contribution in [0.2, 0.25) is 0 Å². The molecule has 0 aliphatic carbocycles. The standard InChI is InChI=1S/C10H16N2O4/c1-4-8(5-2)12-16-10(14)11-7-15-9(13)6-3/h6H,3-5,7H2,1-2H3,(H,11,14). The number of nitrogens with one attached hydrogen (secondary N) is 1. The summed E-state index contributed by atoms with van der Waals surface area (Å²) in [5.41, 5.74) is 0.776. The van der Waals surface area contributed by atoms with Crippen LogP contribution in [0.25, 0.3) is 0 Å². The lowest BCUT2D eigenvalue weighted by Gasteiger charge is -2.03. The van der Waals surface area contributed by atoms with Gasteiger partial charge in [-0.25, -0.2) is 9.59 Å². The molecule has 0 aromatic heterocycles. The molecule has 1 N–H and O–H groups in total. The van der Waals surface area contributed by atoms with E-state index in [1.165, 1.54) is 0 Å². The summed E-state index contributed by atoms with van der Waals surface area (Å²) in [4.78, 5) is 26.1. The van der Waals surface area contributed by atoms with Gasteiger partial charge in [0.1, 0.15) is 0 Å². The number of carbonyl (C=O) groups is 2. The van der Waals surface area contributed by atoms with E-state index in [1.54, 1.807) is 0 Å². The van der Waals surface area contributed by atoms with E-state index in [2.05, 4.69) is 26.6 Å². The minimum absolute atomic E-state index is 0.271. The number of oxime groups is 1. The molecule has 0 aromatic carbocycles. The fourth-order valence-corrected chi connectivity index (χ4v) is 0.742. The van der Waals surface area contributed by atoms with E-state index in [4.69, 9.17) is 0 Å². The van der Waals surface area contributed by atoms with Gasteiger partial charge in [-0.3, -0.25) is 10.2 Å². The van der Waals surface area contributed by atoms with Gasteiger partial charge in [-0.2, -0.15) is 0 Å². The summed E-state index contributed by atoms with van der Waals surface area (Å²) in [6.07, 6.45) is 1.67. The summed E-state index contributed by atoms with van der Waals surface area (Å²) < 4.78 is 4.50. The van der Waals surface area contributed by atoms with Gasteiger partial charge in [0, 0.05) is 6.08 Å². The molecule has 0 fully saturated rings. The third-order valence-corrected chi connectivity index (χ3v) is 1.67. The molecule has 0 unspecified atom stereocenters. The van der Waals surface area contributed by atoms with Crippen molar-refractivity contribution < 1.29 is 19.2 Å². The third-order valence-electron chi connectivity index (χ3n) is 1.67. The minimum atomic E-state index is -0.767. The summed E-state index contributed by atoms with van der Waals surface area (Å²) in [6.45, 7) is 6.75. The first-order valence-corrected chi connectivity index (χ1v) is 4.93. The molecule has 0 heterocycles. The van der Waals surface area contributed by atoms with Crippen molar-refractivity contribution in [2.24, 2.45) is 5.16 Å². The molecule has 0 saturated heterocycles. The van der Waals surface area contributed by atoms with Gasteiger partial charge in [0.25, 0.3) is 0 Å². The molecule has 0 aromatic rings. The van der Waals surface area contributed by atoms with Gasteiger partial charge in [-0.05, 0) is 12.8 Å². The van der Waals surface area contributed by atoms with E-state index >= 15 is 0 Å². The van der Waals surface area contributed by atoms with Crippen molar-refractivity contribution in [1.82, 2.24) is 5.32 Å². The molecule has 1 amide bonds. The van der Waals surface area contributed by atoms with E-state index in [-0.39, 0.29) is 6.73 Å². The van der Waals surface area contributed by atoms with Crippen molar-refractivity contribution in [1.29, 1.82) is 0 Å². The molecule has 0 atom stereocenters. The van der Waals surface area contributed by atoms with Gasteiger partial charge >= 0.3 is 12.1 Å². The van der Waals surface area contributed by atoms with Crippen molar-refractivity contribution in [2.45, 2.75) is 26.7 Å². The molecule has 0 bridgehead atoms. The molecule has 6 heteroatoms. The number of esters is 1. The summed E-state index contributed by atoms with van der Waals surface area (Å²) in [5.74, 6) is -0.619. The molecular weight excluding hydrogens is 212 g/mol. The Morgan fingerprint density at radius 2 is 2.00 bits per heavy atom. The number of rotatable bonds is 6. The van der Waals surface area contributed by atoms with Crippen LogP contribution in [0.4, 0.5) is 4.79 Å². The van der Waals surface area contributed by atoms with Gasteiger partial charge in [0.2, 0.25) is 0 Å². The number of nitrogens with zero attached hydrogens (tertiary/aromatic N) is 1. The van der Waals surface area contributed by atoms with Gasteiger partial charge in [-0.1, -0.05) is 25.6 Å². The van der Waals surface area contributed by atoms with E-state index in [9.17, 15) is 9.59 Å². The molecule has 0 saturated carbocycles. The Hall–Kier alpha value is -1.85. The van der Waals surface area contributed by atoms with Crippen LogP contribution in [0.15, 0.2) is 17.8 Å². The molecule has 0 aliphatic rings. The first-order chi connectivity index (χ1) is 7.63. The van der Waals surface area contributed by atoms with Crippen LogP contribution < -0.4 is 5.32 Å². The highest BCUT2D eigenvalue weighted by molar-refractivity contribution is 5.84. The van der Waals surface area contributed by atoms with Crippen molar-refractivity contribution in [3.05, 3.63) is 12.7 Å². The van der Waals surface area contributed by atoms with Crippen LogP contribution in [-0.4, -0.2) is 24.5 Å². The average molecular weight is 228 g/mol. The van der Waals surface area contributed by atoms with Gasteiger partial charge in [0.15, 0.2) is 6.73 Å². The van der Waals surface area contributed by atoms with Crippen LogP contribution in [-0.2, 0) is 14.4 Å². The normalized spacial score (nSPS) is 8.88. The average Bonchev–Trinajstić information content (AvgIpc) is 2.30. The maximum atomic E-state index is 11.0. The van der Waals surface area contributed by atoms with E-state index in [0.717, 1.165) is 24.6 Å². The molecule has 0 rings (SSSR count). The predicted octanol–water partition coefficient (Wildman–Crippen LogP) is 1.58. The van der Waals surface area contributed by atoms with Crippen LogP contribution in [0.5, 0.6) is 0 Å². The van der Waals surface area contributed by atoms with Crippen molar-refractivity contribution >= 4 is 17.8 Å². The Balaban J connectivity index is 3.78. The van der Waals surface area contributed by atoms with Gasteiger partial charge < -0.3 is 4.74 Å². The van der Waals surface area contributed by atoms with Crippen molar-refractivity contribution in [3.8, 4) is 0 Å². The molecular formula is C10H16N2O4. The Labute approximate surface area is 94.3 Å². The lowest BCUT2D eigenvalue weighted by Crippen LogP contribution is -2.27. The first-order valence-electron chi connectivity index (χ1n) is 4.93. The third kappa shape index (κ3) is 6.58. The quantitative estimate of drug-likeness (QED) is 0.187. The summed E-state index contributed by atoms with van der Waals surface area (Å²) >= 11 is 0. The van der Waals surface area contributed by atoms with Crippen LogP contribution >= 0.6 is 0 Å². The second-order valence-electron chi connectivity index (χ2n) is 2.73. The fraction of sp³-hybridized carbons (Fsp3) is 0.500. The topological polar surface area (TPSA) is 77.0 Å². The number of ether oxygens (including phenoxy) is 1. The second-order valence-corrected chi connectivity index (χ2v) is 2.73. The van der Waals surface area contributed by atoms with Crippen molar-refractivity contribution in [2.75, 3.05) is 6.73 Å². The summed E-state index contributed by atoms with van der Waals surface area (Å²) in [6, 6.07) is 0. The Bertz CT molecular complexity index is 281. The summed E-state index contributed by atoms with van der Waals surface area (Å²) in [7, 11) is 0. The monoisotopic (exact) mass is 228 g/mol. The lowest BCUT2D eigenvalue weighted by atomic mass is 10.2. The Kier molecular flexibility index (Phi) is 7.48. The molecule has 0 radical (unpaired) electrons. The van der Waals surface area contributed by atoms with E-state index < -0.39 is 12.1 Å². The van der Waals surface area contributed by atoms with Crippen LogP contribution in [0.3, 0.4) is 0 Å². The fourth-order valence-electron chi connectivity index (χ4n) is 0.742. The van der Waals surface area contributed by atoms with Crippen molar-refractivity contribution in [3.63, 3.8) is 0 Å². The summed E-state index contributed by atoms with van der Waals surface area (Å²) in [5, 5.41) is 5.81. The molecule has 0 spiro atoms. The smallest absolute Gasteiger partial charge is 0.435 e. The molecule has 6 nitrogen and oxygen atoms in total. The van der Waals surface area contributed by atoms with Gasteiger partial charge in [0.05, 0.1) is 5.71 Å². The zero-order valence-electron chi connectivity index (χ0n) is 9.49. The van der Waals surface area contributed by atoms with Crippen LogP contribution in [0.1, 0.15) is 26.7 Å². The maximum Gasteiger partial charge on any atom is 0.435 e. The zero-order chi connectivity index (χ0) is 12.4. The highest BCUT2D eigenvalue weighted by Gasteiger charge is 2.02. The maximum absolute atomic E-state index is 11.0. The Morgan fingerprint density at radius 1 is 1.38 bits per heavy atom. The lowest BCUT2D eigenvalue weighted by molar-refractivity contribution is -0.138. The SMILES string of the molecule is C=CC(=O)OCNC(=O)ON=C(CC)CC. The number of hydrogen-bond donors (Lipinski definition) is 1. The molecule has 0 aliphatic heterocycles. The second kappa shape index (κ2) is 8.46.